The molecule has 0 aliphatic carbocycles. The zero-order valence-electron chi connectivity index (χ0n) is 29.1. The molecule has 12 nitrogen and oxygen atoms in total. The van der Waals surface area contributed by atoms with Crippen LogP contribution in [0.1, 0.15) is 56.4 Å². The highest BCUT2D eigenvalue weighted by atomic mass is 32.2. The number of aromatic nitrogens is 1. The van der Waals surface area contributed by atoms with Crippen molar-refractivity contribution in [3.63, 3.8) is 0 Å². The zero-order valence-corrected chi connectivity index (χ0v) is 30.7. The Morgan fingerprint density at radius 1 is 1.08 bits per heavy atom. The fourth-order valence-corrected chi connectivity index (χ4v) is 8.30. The number of aliphatic hydroxyl groups is 1. The number of carbonyl (C=O) groups excluding carboxylic acids is 2. The average Bonchev–Trinajstić information content (AvgIpc) is 3.61. The van der Waals surface area contributed by atoms with E-state index >= 15 is 0 Å². The number of hydrogen-bond acceptors (Lipinski definition) is 9. The molecule has 0 bridgehead atoms. The Morgan fingerprint density at radius 3 is 2.33 bits per heavy atom. The normalized spacial score (nSPS) is 15.9. The van der Waals surface area contributed by atoms with Crippen LogP contribution >= 0.6 is 11.3 Å². The summed E-state index contributed by atoms with van der Waals surface area (Å²) in [4.78, 5) is 46.1. The van der Waals surface area contributed by atoms with Gasteiger partial charge in [-0.15, -0.1) is 11.3 Å². The van der Waals surface area contributed by atoms with Crippen molar-refractivity contribution in [3.8, 4) is 0 Å². The molecule has 266 valence electrons. The largest absolute Gasteiger partial charge is 0.390 e. The van der Waals surface area contributed by atoms with Crippen LogP contribution in [-0.2, 0) is 34.3 Å². The van der Waals surface area contributed by atoms with E-state index in [1.165, 1.54) is 27.8 Å². The number of aliphatic hydroxyl groups excluding tert-OH is 1. The van der Waals surface area contributed by atoms with Crippen molar-refractivity contribution < 1.29 is 23.1 Å². The quantitative estimate of drug-likeness (QED) is 0.202. The van der Waals surface area contributed by atoms with Gasteiger partial charge in [-0.3, -0.25) is 4.79 Å². The summed E-state index contributed by atoms with van der Waals surface area (Å²) in [5.74, 6) is -0.658. The lowest BCUT2D eigenvalue weighted by atomic mass is 9.96. The molecule has 1 aliphatic rings. The number of aryl methyl sites for hydroxylation is 1. The minimum Gasteiger partial charge on any atom is -0.390 e. The Labute approximate surface area is 293 Å². The third kappa shape index (κ3) is 10.2. The Morgan fingerprint density at radius 2 is 1.76 bits per heavy atom. The molecule has 2 heterocycles. The number of thiazole rings is 1. The van der Waals surface area contributed by atoms with Crippen molar-refractivity contribution in [1.29, 1.82) is 0 Å². The van der Waals surface area contributed by atoms with Crippen LogP contribution in [0, 0.1) is 23.2 Å². The molecule has 3 amide bonds. The maximum absolute atomic E-state index is 14.1. The molecule has 49 heavy (non-hydrogen) atoms. The minimum atomic E-state index is -4.09. The summed E-state index contributed by atoms with van der Waals surface area (Å²) in [6.07, 6.45) is -1.06. The van der Waals surface area contributed by atoms with Crippen molar-refractivity contribution in [2.24, 2.45) is 16.5 Å². The predicted octanol–water partition coefficient (Wildman–Crippen LogP) is 4.81. The summed E-state index contributed by atoms with van der Waals surface area (Å²) < 4.78 is 29.2. The van der Waals surface area contributed by atoms with Gasteiger partial charge in [-0.25, -0.2) is 18.2 Å². The Balaban J connectivity index is 1.59. The predicted molar refractivity (Wildman–Crippen MR) is 190 cm³/mol. The van der Waals surface area contributed by atoms with E-state index < -0.39 is 39.5 Å². The Hall–Kier alpha value is -3.72. The molecule has 14 heteroatoms. The van der Waals surface area contributed by atoms with Crippen LogP contribution in [0.3, 0.4) is 0 Å². The lowest BCUT2D eigenvalue weighted by Gasteiger charge is -2.35. The van der Waals surface area contributed by atoms with Gasteiger partial charge in [0, 0.05) is 31.6 Å². The highest BCUT2D eigenvalue weighted by Crippen LogP contribution is 2.25. The summed E-state index contributed by atoms with van der Waals surface area (Å²) in [5.41, 5.74) is 1.77. The van der Waals surface area contributed by atoms with Gasteiger partial charge >= 0.3 is 6.03 Å². The summed E-state index contributed by atoms with van der Waals surface area (Å²) >= 11 is 1.52. The van der Waals surface area contributed by atoms with Gasteiger partial charge in [0.15, 0.2) is 0 Å². The summed E-state index contributed by atoms with van der Waals surface area (Å²) in [6, 6.07) is 13.4. The first-order valence-corrected chi connectivity index (χ1v) is 18.8. The Bertz CT molecular complexity index is 1670. The number of nitroso groups, excluding NO2 is 1. The van der Waals surface area contributed by atoms with Crippen molar-refractivity contribution in [2.45, 2.75) is 84.1 Å². The van der Waals surface area contributed by atoms with E-state index in [1.807, 2.05) is 77.3 Å². The van der Waals surface area contributed by atoms with Crippen molar-refractivity contribution in [1.82, 2.24) is 24.4 Å². The highest BCUT2D eigenvalue weighted by molar-refractivity contribution is 7.89. The SMILES string of the molecule is Cc1nc(CN2CCN([C@H](C(=O)N[C@@H](Cc3ccccc3)[C@H](O)CN(CC(C)(C)C)S(=O)(=O)c3ccc(CN=O)cc3)C(C)C)C2=O)cs1. The van der Waals surface area contributed by atoms with E-state index in [-0.39, 0.29) is 42.9 Å². The maximum Gasteiger partial charge on any atom is 0.321 e. The molecule has 2 N–H and O–H groups in total. The van der Waals surface area contributed by atoms with Crippen molar-refractivity contribution in [3.05, 3.63) is 86.7 Å². The molecule has 3 aromatic rings. The summed E-state index contributed by atoms with van der Waals surface area (Å²) in [7, 11) is -4.09. The van der Waals surface area contributed by atoms with Crippen LogP contribution in [0.15, 0.2) is 70.0 Å². The van der Waals surface area contributed by atoms with Gasteiger partial charge in [0.1, 0.15) is 12.6 Å². The molecule has 1 aromatic heterocycles. The topological polar surface area (TPSA) is 153 Å². The average molecular weight is 713 g/mol. The second kappa shape index (κ2) is 16.3. The molecule has 0 saturated carbocycles. The molecular weight excluding hydrogens is 665 g/mol. The lowest BCUT2D eigenvalue weighted by Crippen LogP contribution is -2.57. The van der Waals surface area contributed by atoms with Gasteiger partial charge in [-0.1, -0.05) is 82.3 Å². The fraction of sp³-hybridized carbons (Fsp3) is 0.514. The van der Waals surface area contributed by atoms with Gasteiger partial charge in [0.25, 0.3) is 0 Å². The molecular formula is C35H48N6O6S2. The van der Waals surface area contributed by atoms with Crippen molar-refractivity contribution in [2.75, 3.05) is 26.2 Å². The molecule has 4 rings (SSSR count). The van der Waals surface area contributed by atoms with Gasteiger partial charge in [0.05, 0.1) is 34.3 Å². The first-order valence-electron chi connectivity index (χ1n) is 16.5. The lowest BCUT2D eigenvalue weighted by molar-refractivity contribution is -0.128. The smallest absolute Gasteiger partial charge is 0.321 e. The number of hydrogen-bond donors (Lipinski definition) is 2. The molecule has 1 fully saturated rings. The zero-order chi connectivity index (χ0) is 35.9. The Kier molecular flexibility index (Phi) is 12.7. The molecule has 1 saturated heterocycles. The van der Waals surface area contributed by atoms with Crippen LogP contribution in [-0.4, -0.2) is 88.9 Å². The van der Waals surface area contributed by atoms with Crippen molar-refractivity contribution >= 4 is 33.3 Å². The maximum atomic E-state index is 14.1. The highest BCUT2D eigenvalue weighted by Gasteiger charge is 2.41. The van der Waals surface area contributed by atoms with Crippen LogP contribution < -0.4 is 5.32 Å². The van der Waals surface area contributed by atoms with E-state index in [9.17, 15) is 28.0 Å². The van der Waals surface area contributed by atoms with Gasteiger partial charge in [-0.2, -0.15) is 9.21 Å². The van der Waals surface area contributed by atoms with E-state index in [0.29, 0.717) is 25.2 Å². The standard InChI is InChI=1S/C35H48N6O6S2/c1-24(2)32(41-17-16-39(34(41)44)20-28-22-48-25(3)37-28)33(43)38-30(18-26-10-8-7-9-11-26)31(42)21-40(23-35(4,5)6)49(46,47)29-14-12-27(13-15-29)19-36-45/h7-15,22,24,30-32,42H,16-21,23H2,1-6H3,(H,38,43)/t30-,31+,32-/m0/s1. The number of carbonyl (C=O) groups is 2. The van der Waals surface area contributed by atoms with Gasteiger partial charge in [-0.05, 0) is 47.9 Å². The number of nitrogens with zero attached hydrogens (tertiary/aromatic N) is 5. The number of urea groups is 1. The summed E-state index contributed by atoms with van der Waals surface area (Å²) in [5, 5.41) is 20.5. The van der Waals surface area contributed by atoms with Crippen LogP contribution in [0.25, 0.3) is 0 Å². The number of sulfonamides is 1. The molecule has 3 atom stereocenters. The molecule has 0 radical (unpaired) electrons. The summed E-state index contributed by atoms with van der Waals surface area (Å²) in [6.45, 7) is 12.3. The second-order valence-corrected chi connectivity index (χ2v) is 17.1. The number of amides is 3. The third-order valence-corrected chi connectivity index (χ3v) is 11.0. The first kappa shape index (κ1) is 38.1. The van der Waals surface area contributed by atoms with Gasteiger partial charge < -0.3 is 20.2 Å². The van der Waals surface area contributed by atoms with E-state index in [2.05, 4.69) is 15.5 Å². The first-order chi connectivity index (χ1) is 23.1. The third-order valence-electron chi connectivity index (χ3n) is 8.32. The monoisotopic (exact) mass is 712 g/mol. The van der Waals surface area contributed by atoms with Gasteiger partial charge in [0.2, 0.25) is 15.9 Å². The molecule has 0 unspecified atom stereocenters. The number of nitrogens with one attached hydrogen (secondary N) is 1. The van der Waals surface area contributed by atoms with Crippen LogP contribution in [0.4, 0.5) is 4.79 Å². The molecule has 0 spiro atoms. The van der Waals surface area contributed by atoms with Crippen LogP contribution in [0.5, 0.6) is 0 Å². The van der Waals surface area contributed by atoms with Crippen LogP contribution in [0.2, 0.25) is 0 Å². The fourth-order valence-electron chi connectivity index (χ4n) is 6.01. The second-order valence-electron chi connectivity index (χ2n) is 14.1. The van der Waals surface area contributed by atoms with E-state index in [4.69, 9.17) is 0 Å². The minimum absolute atomic E-state index is 0.0204. The number of benzene rings is 2. The number of rotatable bonds is 16. The van der Waals surface area contributed by atoms with E-state index in [0.717, 1.165) is 16.3 Å². The molecule has 2 aromatic carbocycles. The molecule has 1 aliphatic heterocycles. The van der Waals surface area contributed by atoms with E-state index in [1.54, 1.807) is 21.9 Å².